The average molecular weight is 305 g/mol. The largest absolute Gasteiger partial charge is 0.369 e. The lowest BCUT2D eigenvalue weighted by Gasteiger charge is -2.28. The number of nitrogens with one attached hydrogen (secondary N) is 1. The van der Waals surface area contributed by atoms with Gasteiger partial charge in [-0.15, -0.1) is 0 Å². The Kier molecular flexibility index (Phi) is 4.52. The van der Waals surface area contributed by atoms with Crippen LogP contribution in [-0.2, 0) is 11.2 Å². The van der Waals surface area contributed by atoms with Gasteiger partial charge in [0.15, 0.2) is 5.69 Å². The minimum Gasteiger partial charge on any atom is -0.369 e. The summed E-state index contributed by atoms with van der Waals surface area (Å²) in [6.45, 7) is 4.06. The van der Waals surface area contributed by atoms with Gasteiger partial charge in [0, 0.05) is 25.1 Å². The Bertz CT molecular complexity index is 532. The van der Waals surface area contributed by atoms with E-state index in [9.17, 15) is 4.79 Å². The third-order valence-corrected chi connectivity index (χ3v) is 5.13. The highest BCUT2D eigenvalue weighted by atomic mass is 16.5. The highest BCUT2D eigenvalue weighted by Gasteiger charge is 2.32. The van der Waals surface area contributed by atoms with E-state index < -0.39 is 0 Å². The van der Waals surface area contributed by atoms with Crippen molar-refractivity contribution in [1.29, 1.82) is 0 Å². The Labute approximate surface area is 132 Å². The number of aromatic amines is 1. The molecule has 0 unspecified atom stereocenters. The molecule has 1 aromatic rings. The predicted octanol–water partition coefficient (Wildman–Crippen LogP) is 3.23. The smallest absolute Gasteiger partial charge is 0.274 e. The zero-order valence-electron chi connectivity index (χ0n) is 13.9. The molecular weight excluding hydrogens is 278 g/mol. The monoisotopic (exact) mass is 305 g/mol. The van der Waals surface area contributed by atoms with E-state index in [0.717, 1.165) is 30.5 Å². The van der Waals surface area contributed by atoms with Crippen LogP contribution < -0.4 is 0 Å². The molecule has 0 spiro atoms. The minimum atomic E-state index is -0.0176. The molecule has 0 bridgehead atoms. The van der Waals surface area contributed by atoms with Crippen molar-refractivity contribution >= 4 is 5.91 Å². The zero-order chi connectivity index (χ0) is 15.7. The molecule has 1 aromatic heterocycles. The quantitative estimate of drug-likeness (QED) is 0.853. The van der Waals surface area contributed by atoms with Crippen LogP contribution in [0.2, 0.25) is 0 Å². The van der Waals surface area contributed by atoms with Crippen LogP contribution in [0, 0.1) is 0 Å². The van der Waals surface area contributed by atoms with Crippen molar-refractivity contribution in [3.63, 3.8) is 0 Å². The molecular formula is C17H27N3O2. The second-order valence-corrected chi connectivity index (χ2v) is 6.82. The summed E-state index contributed by atoms with van der Waals surface area (Å²) >= 11 is 0. The van der Waals surface area contributed by atoms with Gasteiger partial charge in [-0.05, 0) is 26.7 Å². The normalized spacial score (nSPS) is 26.3. The van der Waals surface area contributed by atoms with Gasteiger partial charge in [-0.25, -0.2) is 0 Å². The number of amides is 1. The Morgan fingerprint density at radius 3 is 2.59 bits per heavy atom. The van der Waals surface area contributed by atoms with Crippen LogP contribution in [0.15, 0.2) is 0 Å². The molecule has 2 atom stereocenters. The van der Waals surface area contributed by atoms with Crippen LogP contribution in [-0.4, -0.2) is 40.2 Å². The van der Waals surface area contributed by atoms with Gasteiger partial charge in [-0.2, -0.15) is 5.10 Å². The zero-order valence-corrected chi connectivity index (χ0v) is 13.9. The molecule has 1 saturated carbocycles. The fraction of sp³-hybridized carbons (Fsp3) is 0.765. The van der Waals surface area contributed by atoms with Crippen LogP contribution in [0.3, 0.4) is 0 Å². The molecule has 122 valence electrons. The predicted molar refractivity (Wildman–Crippen MR) is 84.8 cm³/mol. The molecule has 0 saturated heterocycles. The summed E-state index contributed by atoms with van der Waals surface area (Å²) in [6, 6.07) is 0.358. The molecule has 3 rings (SSSR count). The topological polar surface area (TPSA) is 58.2 Å². The third-order valence-electron chi connectivity index (χ3n) is 5.13. The molecule has 5 heteroatoms. The molecule has 22 heavy (non-hydrogen) atoms. The Morgan fingerprint density at radius 1 is 1.23 bits per heavy atom. The molecule has 2 heterocycles. The molecule has 2 aliphatic rings. The SMILES string of the molecule is C[C@@H]1Cc2c(C(=O)N(C)C3CCCCCC3)n[nH]c2[C@H](C)O1. The summed E-state index contributed by atoms with van der Waals surface area (Å²) in [4.78, 5) is 14.8. The van der Waals surface area contributed by atoms with E-state index in [2.05, 4.69) is 17.1 Å². The van der Waals surface area contributed by atoms with E-state index in [-0.39, 0.29) is 18.1 Å². The van der Waals surface area contributed by atoms with E-state index in [4.69, 9.17) is 4.74 Å². The van der Waals surface area contributed by atoms with Gasteiger partial charge in [0.2, 0.25) is 0 Å². The van der Waals surface area contributed by atoms with Gasteiger partial charge in [-0.1, -0.05) is 25.7 Å². The average Bonchev–Trinajstić information content (AvgIpc) is 2.73. The molecule has 0 aromatic carbocycles. The number of hydrogen-bond donors (Lipinski definition) is 1. The van der Waals surface area contributed by atoms with Crippen molar-refractivity contribution in [2.45, 2.75) is 77.0 Å². The summed E-state index contributed by atoms with van der Waals surface area (Å²) in [5.74, 6) is 0.0608. The van der Waals surface area contributed by atoms with E-state index in [0.29, 0.717) is 11.7 Å². The van der Waals surface area contributed by atoms with Crippen molar-refractivity contribution in [3.05, 3.63) is 17.0 Å². The molecule has 1 aliphatic carbocycles. The Morgan fingerprint density at radius 2 is 1.91 bits per heavy atom. The first kappa shape index (κ1) is 15.5. The number of nitrogens with zero attached hydrogens (tertiary/aromatic N) is 2. The second-order valence-electron chi connectivity index (χ2n) is 6.82. The highest BCUT2D eigenvalue weighted by Crippen LogP contribution is 2.31. The van der Waals surface area contributed by atoms with Crippen LogP contribution in [0.25, 0.3) is 0 Å². The van der Waals surface area contributed by atoms with Crippen LogP contribution in [0.1, 0.15) is 80.2 Å². The summed E-state index contributed by atoms with van der Waals surface area (Å²) in [5.41, 5.74) is 2.62. The Hall–Kier alpha value is -1.36. The van der Waals surface area contributed by atoms with Gasteiger partial charge < -0.3 is 9.64 Å². The molecule has 5 nitrogen and oxygen atoms in total. The van der Waals surface area contributed by atoms with Crippen molar-refractivity contribution in [1.82, 2.24) is 15.1 Å². The van der Waals surface area contributed by atoms with E-state index in [1.165, 1.54) is 25.7 Å². The summed E-state index contributed by atoms with van der Waals surface area (Å²) in [5, 5.41) is 7.35. The highest BCUT2D eigenvalue weighted by molar-refractivity contribution is 5.94. The summed E-state index contributed by atoms with van der Waals surface area (Å²) in [7, 11) is 1.94. The Balaban J connectivity index is 1.80. The van der Waals surface area contributed by atoms with Crippen molar-refractivity contribution < 1.29 is 9.53 Å². The van der Waals surface area contributed by atoms with Crippen LogP contribution in [0.5, 0.6) is 0 Å². The molecule has 0 radical (unpaired) electrons. The number of hydrogen-bond acceptors (Lipinski definition) is 3. The van der Waals surface area contributed by atoms with Crippen LogP contribution in [0.4, 0.5) is 0 Å². The summed E-state index contributed by atoms with van der Waals surface area (Å²) in [6.07, 6.45) is 8.15. The fourth-order valence-corrected chi connectivity index (χ4v) is 3.83. The van der Waals surface area contributed by atoms with Gasteiger partial charge in [0.1, 0.15) is 0 Å². The van der Waals surface area contributed by atoms with Gasteiger partial charge in [0.25, 0.3) is 5.91 Å². The standard InChI is InChI=1S/C17H27N3O2/c1-11-10-14-15(12(2)22-11)18-19-16(14)17(21)20(3)13-8-6-4-5-7-9-13/h11-13H,4-10H2,1-3H3,(H,18,19)/t11-,12+/m1/s1. The molecule has 1 fully saturated rings. The van der Waals surface area contributed by atoms with Crippen molar-refractivity contribution in [3.8, 4) is 0 Å². The number of carbonyl (C=O) groups is 1. The maximum atomic E-state index is 12.9. The maximum absolute atomic E-state index is 12.9. The van der Waals surface area contributed by atoms with Gasteiger partial charge in [-0.3, -0.25) is 9.89 Å². The lowest BCUT2D eigenvalue weighted by molar-refractivity contribution is -0.00702. The number of aromatic nitrogens is 2. The first-order chi connectivity index (χ1) is 10.6. The minimum absolute atomic E-state index is 0.0176. The second kappa shape index (κ2) is 6.41. The molecule has 1 amide bonds. The van der Waals surface area contributed by atoms with Crippen molar-refractivity contribution in [2.75, 3.05) is 7.05 Å². The van der Waals surface area contributed by atoms with Gasteiger partial charge >= 0.3 is 0 Å². The lowest BCUT2D eigenvalue weighted by atomic mass is 9.99. The van der Waals surface area contributed by atoms with Crippen LogP contribution >= 0.6 is 0 Å². The number of fused-ring (bicyclic) bond motifs is 1. The first-order valence-electron chi connectivity index (χ1n) is 8.57. The number of H-pyrrole nitrogens is 1. The molecule has 1 N–H and O–H groups in total. The number of ether oxygens (including phenoxy) is 1. The van der Waals surface area contributed by atoms with Crippen molar-refractivity contribution in [2.24, 2.45) is 0 Å². The maximum Gasteiger partial charge on any atom is 0.274 e. The van der Waals surface area contributed by atoms with E-state index in [1.807, 2.05) is 18.9 Å². The van der Waals surface area contributed by atoms with Gasteiger partial charge in [0.05, 0.1) is 17.9 Å². The first-order valence-corrected chi connectivity index (χ1v) is 8.57. The number of carbonyl (C=O) groups excluding carboxylic acids is 1. The fourth-order valence-electron chi connectivity index (χ4n) is 3.83. The third kappa shape index (κ3) is 2.91. The van der Waals surface area contributed by atoms with E-state index in [1.54, 1.807) is 0 Å². The summed E-state index contributed by atoms with van der Waals surface area (Å²) < 4.78 is 5.80. The number of rotatable bonds is 2. The molecule has 1 aliphatic heterocycles. The van der Waals surface area contributed by atoms with E-state index >= 15 is 0 Å². The lowest BCUT2D eigenvalue weighted by Crippen LogP contribution is -2.37.